The van der Waals surface area contributed by atoms with E-state index in [1.54, 1.807) is 0 Å². The molecule has 0 amide bonds. The molecule has 0 aliphatic carbocycles. The number of rotatable bonds is 11. The lowest BCUT2D eigenvalue weighted by Crippen LogP contribution is -2.11. The van der Waals surface area contributed by atoms with Crippen LogP contribution in [-0.4, -0.2) is 0 Å². The summed E-state index contributed by atoms with van der Waals surface area (Å²) in [6.07, 6.45) is 0. The van der Waals surface area contributed by atoms with Gasteiger partial charge in [0.05, 0.1) is 5.69 Å². The van der Waals surface area contributed by atoms with E-state index < -0.39 is 0 Å². The maximum atomic E-state index is 2.43. The van der Waals surface area contributed by atoms with Crippen molar-refractivity contribution >= 4 is 38.6 Å². The number of fused-ring (bicyclic) bond motifs is 3. The predicted octanol–water partition coefficient (Wildman–Crippen LogP) is 20.8. The molecule has 13 aromatic carbocycles. The molecule has 0 aliphatic heterocycles. The number of hydrogen-bond acceptors (Lipinski definition) is 1. The van der Waals surface area contributed by atoms with Crippen LogP contribution in [-0.2, 0) is 0 Å². The molecule has 0 unspecified atom stereocenters. The van der Waals surface area contributed by atoms with Crippen LogP contribution in [0.2, 0.25) is 0 Å². The van der Waals surface area contributed by atoms with Gasteiger partial charge in [-0.05, 0) is 147 Å². The Morgan fingerprint density at radius 1 is 0.173 bits per heavy atom. The fourth-order valence-corrected chi connectivity index (χ4v) is 11.2. The molecular weight excluding hydrogens is 903 g/mol. The third kappa shape index (κ3) is 8.67. The topological polar surface area (TPSA) is 3.24 Å². The SMILES string of the molecule is c1ccc(-c2ccc(N(c3ccc(-c4ccc5c(c4)c(-c4ccccc4)c(-c4ccccc4)c4ccccc45)cc3)c3ccc(-c4cccc(-c5ccccc5)c4-c4ccccc4)cc3)c(-c3ccccc3)c2)cc1. The summed E-state index contributed by atoms with van der Waals surface area (Å²) in [7, 11) is 0. The standard InChI is InChI=1S/C74H51N/c1-7-22-52(23-8-1)61-43-49-71(69(50-61)55-26-11-3-12-27-55)75(63-46-40-56(41-47-63)65-37-21-36-64(54-24-9-2-10-25-54)72(65)57-28-13-4-14-29-57)62-44-38-53(39-45-62)60-42-48-67-66-34-19-20-35-68(66)73(58-30-15-5-16-31-58)74(70(67)51-60)59-32-17-6-18-33-59/h1-51H. The highest BCUT2D eigenvalue weighted by molar-refractivity contribution is 6.22. The van der Waals surface area contributed by atoms with Gasteiger partial charge in [0.15, 0.2) is 0 Å². The monoisotopic (exact) mass is 953 g/mol. The van der Waals surface area contributed by atoms with Gasteiger partial charge in [-0.25, -0.2) is 0 Å². The largest absolute Gasteiger partial charge is 0.310 e. The number of benzene rings is 13. The summed E-state index contributed by atoms with van der Waals surface area (Å²) in [6.45, 7) is 0. The Labute approximate surface area is 439 Å². The van der Waals surface area contributed by atoms with E-state index in [0.29, 0.717) is 0 Å². The molecule has 0 saturated heterocycles. The lowest BCUT2D eigenvalue weighted by Gasteiger charge is -2.29. The van der Waals surface area contributed by atoms with Crippen molar-refractivity contribution in [2.45, 2.75) is 0 Å². The molecule has 13 aromatic rings. The molecule has 0 N–H and O–H groups in total. The van der Waals surface area contributed by atoms with Crippen LogP contribution in [0.15, 0.2) is 309 Å². The minimum absolute atomic E-state index is 1.06. The van der Waals surface area contributed by atoms with Gasteiger partial charge in [-0.1, -0.05) is 267 Å². The highest BCUT2D eigenvalue weighted by Gasteiger charge is 2.22. The Kier molecular flexibility index (Phi) is 12.0. The Hall–Kier alpha value is -9.82. The molecule has 0 bridgehead atoms. The molecule has 0 aliphatic rings. The van der Waals surface area contributed by atoms with Crippen molar-refractivity contribution in [1.29, 1.82) is 0 Å². The normalized spacial score (nSPS) is 11.2. The molecule has 0 fully saturated rings. The summed E-state index contributed by atoms with van der Waals surface area (Å²) in [6, 6.07) is 113. The Morgan fingerprint density at radius 2 is 0.520 bits per heavy atom. The van der Waals surface area contributed by atoms with Crippen LogP contribution < -0.4 is 4.90 Å². The van der Waals surface area contributed by atoms with Crippen molar-refractivity contribution in [2.75, 3.05) is 4.90 Å². The maximum Gasteiger partial charge on any atom is 0.0540 e. The van der Waals surface area contributed by atoms with Gasteiger partial charge in [-0.2, -0.15) is 0 Å². The van der Waals surface area contributed by atoms with Crippen LogP contribution >= 0.6 is 0 Å². The molecule has 13 rings (SSSR count). The van der Waals surface area contributed by atoms with Crippen LogP contribution in [0.5, 0.6) is 0 Å². The van der Waals surface area contributed by atoms with E-state index in [4.69, 9.17) is 0 Å². The van der Waals surface area contributed by atoms with Crippen molar-refractivity contribution in [3.63, 3.8) is 0 Å². The van der Waals surface area contributed by atoms with E-state index in [1.165, 1.54) is 88.3 Å². The minimum atomic E-state index is 1.06. The summed E-state index contributed by atoms with van der Waals surface area (Å²) < 4.78 is 0. The predicted molar refractivity (Wildman–Crippen MR) is 320 cm³/mol. The van der Waals surface area contributed by atoms with E-state index in [1.807, 2.05) is 0 Å². The zero-order valence-corrected chi connectivity index (χ0v) is 41.4. The second-order valence-electron chi connectivity index (χ2n) is 19.1. The second-order valence-corrected chi connectivity index (χ2v) is 19.1. The highest BCUT2D eigenvalue weighted by atomic mass is 15.1. The van der Waals surface area contributed by atoms with Crippen molar-refractivity contribution < 1.29 is 0 Å². The zero-order chi connectivity index (χ0) is 49.9. The van der Waals surface area contributed by atoms with Gasteiger partial charge in [0.25, 0.3) is 0 Å². The molecular formula is C74H51N. The molecule has 352 valence electrons. The van der Waals surface area contributed by atoms with E-state index in [0.717, 1.165) is 39.3 Å². The average molecular weight is 954 g/mol. The van der Waals surface area contributed by atoms with Crippen LogP contribution in [0.25, 0.3) is 111 Å². The highest BCUT2D eigenvalue weighted by Crippen LogP contribution is 2.48. The maximum absolute atomic E-state index is 2.43. The van der Waals surface area contributed by atoms with Crippen LogP contribution in [0.1, 0.15) is 0 Å². The van der Waals surface area contributed by atoms with E-state index in [-0.39, 0.29) is 0 Å². The van der Waals surface area contributed by atoms with Crippen molar-refractivity contribution in [3.05, 3.63) is 309 Å². The first kappa shape index (κ1) is 45.1. The lowest BCUT2D eigenvalue weighted by atomic mass is 9.84. The van der Waals surface area contributed by atoms with Crippen molar-refractivity contribution in [3.8, 4) is 89.0 Å². The van der Waals surface area contributed by atoms with E-state index in [9.17, 15) is 0 Å². The molecule has 1 nitrogen and oxygen atoms in total. The average Bonchev–Trinajstić information content (AvgIpc) is 3.50. The summed E-state index contributed by atoms with van der Waals surface area (Å²) >= 11 is 0. The zero-order valence-electron chi connectivity index (χ0n) is 41.4. The van der Waals surface area contributed by atoms with Gasteiger partial charge in [-0.3, -0.25) is 0 Å². The third-order valence-electron chi connectivity index (χ3n) is 14.7. The number of nitrogens with zero attached hydrogens (tertiary/aromatic N) is 1. The first-order chi connectivity index (χ1) is 37.2. The van der Waals surface area contributed by atoms with E-state index >= 15 is 0 Å². The Balaban J connectivity index is 0.970. The van der Waals surface area contributed by atoms with Crippen molar-refractivity contribution in [2.24, 2.45) is 0 Å². The van der Waals surface area contributed by atoms with Gasteiger partial charge >= 0.3 is 0 Å². The van der Waals surface area contributed by atoms with Gasteiger partial charge in [0.2, 0.25) is 0 Å². The fraction of sp³-hybridized carbons (Fsp3) is 0. The third-order valence-corrected chi connectivity index (χ3v) is 14.7. The number of hydrogen-bond donors (Lipinski definition) is 0. The first-order valence-electron chi connectivity index (χ1n) is 25.8. The molecule has 0 heterocycles. The molecule has 0 radical (unpaired) electrons. The van der Waals surface area contributed by atoms with Crippen LogP contribution in [0, 0.1) is 0 Å². The Morgan fingerprint density at radius 3 is 1.05 bits per heavy atom. The van der Waals surface area contributed by atoms with Gasteiger partial charge in [-0.15, -0.1) is 0 Å². The van der Waals surface area contributed by atoms with Gasteiger partial charge in [0.1, 0.15) is 0 Å². The molecule has 1 heteroatoms. The van der Waals surface area contributed by atoms with Gasteiger partial charge in [0, 0.05) is 16.9 Å². The molecule has 0 saturated carbocycles. The van der Waals surface area contributed by atoms with Crippen LogP contribution in [0.4, 0.5) is 17.1 Å². The second kappa shape index (κ2) is 20.0. The molecule has 0 atom stereocenters. The molecule has 0 aromatic heterocycles. The van der Waals surface area contributed by atoms with E-state index in [2.05, 4.69) is 314 Å². The summed E-state index contributed by atoms with van der Waals surface area (Å²) in [5.41, 5.74) is 22.3. The summed E-state index contributed by atoms with van der Waals surface area (Å²) in [5.74, 6) is 0. The summed E-state index contributed by atoms with van der Waals surface area (Å²) in [5, 5.41) is 4.98. The first-order valence-corrected chi connectivity index (χ1v) is 25.8. The fourth-order valence-electron chi connectivity index (χ4n) is 11.2. The number of anilines is 3. The smallest absolute Gasteiger partial charge is 0.0540 e. The quantitative estimate of drug-likeness (QED) is 0.117. The van der Waals surface area contributed by atoms with Crippen LogP contribution in [0.3, 0.4) is 0 Å². The van der Waals surface area contributed by atoms with Gasteiger partial charge < -0.3 is 4.90 Å². The molecule has 75 heavy (non-hydrogen) atoms. The van der Waals surface area contributed by atoms with Crippen molar-refractivity contribution in [1.82, 2.24) is 0 Å². The summed E-state index contributed by atoms with van der Waals surface area (Å²) in [4.78, 5) is 2.43. The Bertz CT molecular complexity index is 4100. The lowest BCUT2D eigenvalue weighted by molar-refractivity contribution is 1.28. The molecule has 0 spiro atoms. The minimum Gasteiger partial charge on any atom is -0.310 e.